The zero-order valence-corrected chi connectivity index (χ0v) is 15.0. The van der Waals surface area contributed by atoms with Gasteiger partial charge in [0.05, 0.1) is 0 Å². The highest BCUT2D eigenvalue weighted by Gasteiger charge is 2.18. The summed E-state index contributed by atoms with van der Waals surface area (Å²) in [6.45, 7) is 12.4. The lowest BCUT2D eigenvalue weighted by molar-refractivity contribution is 0.247. The second-order valence-electron chi connectivity index (χ2n) is 6.34. The molecule has 0 atom stereocenters. The summed E-state index contributed by atoms with van der Waals surface area (Å²) in [5.41, 5.74) is 5.20. The van der Waals surface area contributed by atoms with Crippen LogP contribution < -0.4 is 9.77 Å². The van der Waals surface area contributed by atoms with Crippen molar-refractivity contribution in [3.63, 3.8) is 0 Å². The third-order valence-electron chi connectivity index (χ3n) is 4.91. The molecule has 2 aromatic rings. The highest BCUT2D eigenvalue weighted by molar-refractivity contribution is 7.07. The first-order valence-corrected chi connectivity index (χ1v) is 9.12. The largest absolute Gasteiger partial charge is 0.369 e. The molecule has 1 fully saturated rings. The van der Waals surface area contributed by atoms with E-state index in [0.717, 1.165) is 45.0 Å². The predicted octanol–water partition coefficient (Wildman–Crippen LogP) is 2.66. The molecule has 5 heteroatoms. The Bertz CT molecular complexity index is 726. The van der Waals surface area contributed by atoms with Gasteiger partial charge in [0.2, 0.25) is 0 Å². The van der Waals surface area contributed by atoms with Gasteiger partial charge in [0, 0.05) is 56.0 Å². The van der Waals surface area contributed by atoms with Crippen LogP contribution in [-0.4, -0.2) is 42.2 Å². The van der Waals surface area contributed by atoms with Gasteiger partial charge in [0.25, 0.3) is 0 Å². The summed E-state index contributed by atoms with van der Waals surface area (Å²) in [5, 5.41) is 1.95. The molecule has 1 aliphatic rings. The fourth-order valence-electron chi connectivity index (χ4n) is 3.21. The second-order valence-corrected chi connectivity index (χ2v) is 7.16. The topological polar surface area (TPSA) is 28.5 Å². The van der Waals surface area contributed by atoms with Crippen LogP contribution >= 0.6 is 11.3 Å². The van der Waals surface area contributed by atoms with Crippen LogP contribution in [0.4, 0.5) is 5.69 Å². The summed E-state index contributed by atoms with van der Waals surface area (Å²) in [7, 11) is 0. The third kappa shape index (κ3) is 3.51. The normalized spacial score (nSPS) is 16.0. The Hall–Kier alpha value is -1.59. The minimum absolute atomic E-state index is 0.163. The Morgan fingerprint density at radius 2 is 1.78 bits per heavy atom. The summed E-state index contributed by atoms with van der Waals surface area (Å²) >= 11 is 1.30. The molecule has 23 heavy (non-hydrogen) atoms. The molecule has 0 aliphatic carbocycles. The van der Waals surface area contributed by atoms with E-state index in [4.69, 9.17) is 0 Å². The molecule has 0 radical (unpaired) electrons. The van der Waals surface area contributed by atoms with E-state index in [2.05, 4.69) is 41.8 Å². The fourth-order valence-corrected chi connectivity index (χ4v) is 3.97. The molecule has 0 spiro atoms. The monoisotopic (exact) mass is 331 g/mol. The SMILES string of the molecule is Cc1cccc(N2CCN(CCn3c(C)csc3=O)CC2)c1C. The average Bonchev–Trinajstić information content (AvgIpc) is 2.87. The number of anilines is 1. The van der Waals surface area contributed by atoms with Crippen molar-refractivity contribution in [2.45, 2.75) is 27.3 Å². The van der Waals surface area contributed by atoms with Crippen molar-refractivity contribution in [3.8, 4) is 0 Å². The van der Waals surface area contributed by atoms with E-state index in [1.54, 1.807) is 0 Å². The molecule has 1 saturated heterocycles. The summed E-state index contributed by atoms with van der Waals surface area (Å²) in [4.78, 5) is 16.9. The first-order valence-electron chi connectivity index (χ1n) is 8.24. The first kappa shape index (κ1) is 16.3. The van der Waals surface area contributed by atoms with Gasteiger partial charge in [0.15, 0.2) is 0 Å². The van der Waals surface area contributed by atoms with Crippen LogP contribution in [0.1, 0.15) is 16.8 Å². The molecule has 1 aromatic carbocycles. The minimum Gasteiger partial charge on any atom is -0.369 e. The molecule has 0 N–H and O–H groups in total. The van der Waals surface area contributed by atoms with Gasteiger partial charge in [-0.15, -0.1) is 0 Å². The molecule has 3 rings (SSSR count). The lowest BCUT2D eigenvalue weighted by Crippen LogP contribution is -2.47. The van der Waals surface area contributed by atoms with E-state index < -0.39 is 0 Å². The zero-order valence-electron chi connectivity index (χ0n) is 14.2. The Labute approximate surface area is 142 Å². The van der Waals surface area contributed by atoms with E-state index in [9.17, 15) is 4.79 Å². The molecular formula is C18H25N3OS. The number of aromatic nitrogens is 1. The van der Waals surface area contributed by atoms with Gasteiger partial charge in [-0.05, 0) is 38.0 Å². The van der Waals surface area contributed by atoms with E-state index >= 15 is 0 Å². The second kappa shape index (κ2) is 6.89. The summed E-state index contributed by atoms with van der Waals surface area (Å²) < 4.78 is 1.89. The minimum atomic E-state index is 0.163. The first-order chi connectivity index (χ1) is 11.1. The number of benzene rings is 1. The van der Waals surface area contributed by atoms with Gasteiger partial charge in [-0.25, -0.2) is 0 Å². The number of nitrogens with zero attached hydrogens (tertiary/aromatic N) is 3. The van der Waals surface area contributed by atoms with E-state index in [1.807, 2.05) is 16.9 Å². The maximum Gasteiger partial charge on any atom is 0.307 e. The number of aryl methyl sites for hydroxylation is 2. The molecule has 0 amide bonds. The lowest BCUT2D eigenvalue weighted by atomic mass is 10.1. The van der Waals surface area contributed by atoms with Crippen LogP contribution in [0.15, 0.2) is 28.4 Å². The van der Waals surface area contributed by atoms with Crippen LogP contribution in [0.5, 0.6) is 0 Å². The van der Waals surface area contributed by atoms with Crippen LogP contribution in [-0.2, 0) is 6.54 Å². The van der Waals surface area contributed by atoms with Crippen LogP contribution in [0.2, 0.25) is 0 Å². The van der Waals surface area contributed by atoms with Gasteiger partial charge < -0.3 is 9.47 Å². The third-order valence-corrected chi connectivity index (χ3v) is 5.79. The van der Waals surface area contributed by atoms with E-state index in [-0.39, 0.29) is 4.87 Å². The molecule has 0 unspecified atom stereocenters. The van der Waals surface area contributed by atoms with E-state index in [1.165, 1.54) is 28.2 Å². The Balaban J connectivity index is 1.56. The van der Waals surface area contributed by atoms with Crippen molar-refractivity contribution in [1.82, 2.24) is 9.47 Å². The summed E-state index contributed by atoms with van der Waals surface area (Å²) in [6.07, 6.45) is 0. The lowest BCUT2D eigenvalue weighted by Gasteiger charge is -2.37. The molecule has 1 aliphatic heterocycles. The molecule has 1 aromatic heterocycles. The Kier molecular flexibility index (Phi) is 4.87. The zero-order chi connectivity index (χ0) is 16.4. The van der Waals surface area contributed by atoms with Crippen LogP contribution in [0, 0.1) is 20.8 Å². The van der Waals surface area contributed by atoms with E-state index in [0.29, 0.717) is 0 Å². The van der Waals surface area contributed by atoms with Crippen molar-refractivity contribution < 1.29 is 0 Å². The molecule has 0 bridgehead atoms. The molecule has 2 heterocycles. The summed E-state index contributed by atoms with van der Waals surface area (Å²) in [5.74, 6) is 0. The average molecular weight is 331 g/mol. The van der Waals surface area contributed by atoms with Crippen molar-refractivity contribution in [2.24, 2.45) is 0 Å². The summed E-state index contributed by atoms with van der Waals surface area (Å²) in [6, 6.07) is 6.55. The van der Waals surface area contributed by atoms with Gasteiger partial charge in [-0.2, -0.15) is 0 Å². The number of piperazine rings is 1. The van der Waals surface area contributed by atoms with Gasteiger partial charge in [0.1, 0.15) is 0 Å². The van der Waals surface area contributed by atoms with Crippen LogP contribution in [0.25, 0.3) is 0 Å². The van der Waals surface area contributed by atoms with Crippen molar-refractivity contribution in [1.29, 1.82) is 0 Å². The molecule has 4 nitrogen and oxygen atoms in total. The number of hydrogen-bond acceptors (Lipinski definition) is 4. The quantitative estimate of drug-likeness (QED) is 0.862. The number of thiazole rings is 1. The molecular weight excluding hydrogens is 306 g/mol. The van der Waals surface area contributed by atoms with Crippen molar-refractivity contribution >= 4 is 17.0 Å². The maximum atomic E-state index is 11.8. The van der Waals surface area contributed by atoms with Crippen LogP contribution in [0.3, 0.4) is 0 Å². The highest BCUT2D eigenvalue weighted by atomic mass is 32.1. The molecule has 124 valence electrons. The maximum absolute atomic E-state index is 11.8. The number of rotatable bonds is 4. The predicted molar refractivity (Wildman–Crippen MR) is 97.9 cm³/mol. The Morgan fingerprint density at radius 3 is 2.43 bits per heavy atom. The Morgan fingerprint density at radius 1 is 1.04 bits per heavy atom. The van der Waals surface area contributed by atoms with Gasteiger partial charge in [-0.3, -0.25) is 9.69 Å². The van der Waals surface area contributed by atoms with Crippen molar-refractivity contribution in [2.75, 3.05) is 37.6 Å². The number of hydrogen-bond donors (Lipinski definition) is 0. The van der Waals surface area contributed by atoms with Crippen molar-refractivity contribution in [3.05, 3.63) is 50.1 Å². The van der Waals surface area contributed by atoms with Gasteiger partial charge >= 0.3 is 4.87 Å². The standard InChI is InChI=1S/C18H25N3OS/c1-14-5-4-6-17(16(14)3)20-10-7-19(8-11-20)9-12-21-15(2)13-23-18(21)22/h4-6,13H,7-12H2,1-3H3. The molecule has 0 saturated carbocycles. The smallest absolute Gasteiger partial charge is 0.307 e. The fraction of sp³-hybridized carbons (Fsp3) is 0.500. The van der Waals surface area contributed by atoms with Gasteiger partial charge in [-0.1, -0.05) is 23.5 Å². The highest BCUT2D eigenvalue weighted by Crippen LogP contribution is 2.23.